The lowest BCUT2D eigenvalue weighted by atomic mass is 9.89. The quantitative estimate of drug-likeness (QED) is 0.773. The Balaban J connectivity index is 1.77. The Bertz CT molecular complexity index is 308. The summed E-state index contributed by atoms with van der Waals surface area (Å²) in [6.07, 6.45) is 5.71. The minimum absolute atomic E-state index is 0.411. The number of ether oxygens (including phenoxy) is 1. The summed E-state index contributed by atoms with van der Waals surface area (Å²) in [6.45, 7) is 2.81. The highest BCUT2D eigenvalue weighted by Crippen LogP contribution is 2.25. The van der Waals surface area contributed by atoms with Gasteiger partial charge in [0.05, 0.1) is 18.5 Å². The molecule has 0 radical (unpaired) electrons. The van der Waals surface area contributed by atoms with Crippen molar-refractivity contribution in [2.45, 2.75) is 31.9 Å². The van der Waals surface area contributed by atoms with Gasteiger partial charge in [0.1, 0.15) is 11.6 Å². The smallest absolute Gasteiger partial charge is 0.144 e. The standard InChI is InChI=1S/C10H16N4O/c1-2-15-8-3-7(4-8)14-10-6-12-9(11)5-13-10/h5-8H,2-4H2,1H3,(H2,11,12)(H,13,14). The summed E-state index contributed by atoms with van der Waals surface area (Å²) in [7, 11) is 0. The van der Waals surface area contributed by atoms with Crippen LogP contribution in [0, 0.1) is 0 Å². The molecule has 0 saturated heterocycles. The van der Waals surface area contributed by atoms with Gasteiger partial charge in [0.25, 0.3) is 0 Å². The number of aromatic nitrogens is 2. The van der Waals surface area contributed by atoms with Crippen molar-refractivity contribution in [2.75, 3.05) is 17.7 Å². The number of nitrogens with two attached hydrogens (primary N) is 1. The topological polar surface area (TPSA) is 73.1 Å². The molecule has 1 aliphatic carbocycles. The van der Waals surface area contributed by atoms with Gasteiger partial charge in [0.15, 0.2) is 0 Å². The molecular weight excluding hydrogens is 192 g/mol. The van der Waals surface area contributed by atoms with Crippen molar-refractivity contribution >= 4 is 11.6 Å². The summed E-state index contributed by atoms with van der Waals surface area (Å²) in [6, 6.07) is 0.458. The van der Waals surface area contributed by atoms with Crippen LogP contribution in [0.25, 0.3) is 0 Å². The molecule has 0 unspecified atom stereocenters. The molecule has 1 aliphatic rings. The second-order valence-electron chi connectivity index (χ2n) is 3.72. The number of nitrogen functional groups attached to an aromatic ring is 1. The molecule has 82 valence electrons. The van der Waals surface area contributed by atoms with Crippen LogP contribution < -0.4 is 11.1 Å². The summed E-state index contributed by atoms with van der Waals surface area (Å²) in [5, 5.41) is 3.28. The molecule has 0 spiro atoms. The Hall–Kier alpha value is -1.36. The molecule has 0 atom stereocenters. The zero-order valence-corrected chi connectivity index (χ0v) is 8.81. The predicted molar refractivity (Wildman–Crippen MR) is 58.5 cm³/mol. The summed E-state index contributed by atoms with van der Waals surface area (Å²) < 4.78 is 5.47. The first-order valence-corrected chi connectivity index (χ1v) is 5.23. The molecule has 1 aromatic heterocycles. The minimum atomic E-state index is 0.411. The fourth-order valence-electron chi connectivity index (χ4n) is 1.68. The van der Waals surface area contributed by atoms with E-state index in [4.69, 9.17) is 10.5 Å². The van der Waals surface area contributed by atoms with E-state index in [1.807, 2.05) is 6.92 Å². The van der Waals surface area contributed by atoms with Crippen LogP contribution in [-0.4, -0.2) is 28.7 Å². The first-order valence-electron chi connectivity index (χ1n) is 5.23. The van der Waals surface area contributed by atoms with Crippen LogP contribution in [0.5, 0.6) is 0 Å². The lowest BCUT2D eigenvalue weighted by molar-refractivity contribution is 0.00292. The molecule has 1 aromatic rings. The highest BCUT2D eigenvalue weighted by molar-refractivity contribution is 5.37. The van der Waals surface area contributed by atoms with Crippen LogP contribution in [0.2, 0.25) is 0 Å². The molecule has 5 heteroatoms. The molecule has 0 aliphatic heterocycles. The predicted octanol–water partition coefficient (Wildman–Crippen LogP) is 1.04. The van der Waals surface area contributed by atoms with Crippen molar-refractivity contribution in [3.63, 3.8) is 0 Å². The van der Waals surface area contributed by atoms with Gasteiger partial charge in [-0.3, -0.25) is 0 Å². The highest BCUT2D eigenvalue weighted by Gasteiger charge is 2.29. The van der Waals surface area contributed by atoms with Gasteiger partial charge in [-0.2, -0.15) is 0 Å². The molecular formula is C10H16N4O. The molecule has 0 aromatic carbocycles. The Morgan fingerprint density at radius 2 is 2.27 bits per heavy atom. The highest BCUT2D eigenvalue weighted by atomic mass is 16.5. The SMILES string of the molecule is CCOC1CC(Nc2cnc(N)cn2)C1. The van der Waals surface area contributed by atoms with Crippen LogP contribution in [0.1, 0.15) is 19.8 Å². The van der Waals surface area contributed by atoms with E-state index in [1.54, 1.807) is 12.4 Å². The van der Waals surface area contributed by atoms with Gasteiger partial charge in [-0.15, -0.1) is 0 Å². The van der Waals surface area contributed by atoms with Crippen molar-refractivity contribution in [1.29, 1.82) is 0 Å². The maximum absolute atomic E-state index is 5.47. The third-order valence-electron chi connectivity index (χ3n) is 2.52. The molecule has 5 nitrogen and oxygen atoms in total. The number of rotatable bonds is 4. The number of hydrogen-bond acceptors (Lipinski definition) is 5. The second-order valence-corrected chi connectivity index (χ2v) is 3.72. The van der Waals surface area contributed by atoms with Crippen LogP contribution >= 0.6 is 0 Å². The molecule has 0 bridgehead atoms. The molecule has 3 N–H and O–H groups in total. The van der Waals surface area contributed by atoms with Crippen molar-refractivity contribution in [1.82, 2.24) is 9.97 Å². The monoisotopic (exact) mass is 208 g/mol. The number of anilines is 2. The first-order chi connectivity index (χ1) is 7.28. The lowest BCUT2D eigenvalue weighted by Crippen LogP contribution is -2.41. The van der Waals surface area contributed by atoms with Crippen molar-refractivity contribution in [2.24, 2.45) is 0 Å². The lowest BCUT2D eigenvalue weighted by Gasteiger charge is -2.35. The van der Waals surface area contributed by atoms with Crippen molar-refractivity contribution in [3.8, 4) is 0 Å². The van der Waals surface area contributed by atoms with Gasteiger partial charge in [-0.25, -0.2) is 9.97 Å². The molecule has 2 rings (SSSR count). The molecule has 15 heavy (non-hydrogen) atoms. The van der Waals surface area contributed by atoms with Crippen LogP contribution in [0.4, 0.5) is 11.6 Å². The third-order valence-corrected chi connectivity index (χ3v) is 2.52. The van der Waals surface area contributed by atoms with Crippen molar-refractivity contribution in [3.05, 3.63) is 12.4 Å². The van der Waals surface area contributed by atoms with E-state index in [0.29, 0.717) is 18.0 Å². The first kappa shape index (κ1) is 10.2. The average Bonchev–Trinajstić information content (AvgIpc) is 2.18. The van der Waals surface area contributed by atoms with E-state index in [2.05, 4.69) is 15.3 Å². The maximum atomic E-state index is 5.47. The van der Waals surface area contributed by atoms with E-state index < -0.39 is 0 Å². The van der Waals surface area contributed by atoms with E-state index >= 15 is 0 Å². The van der Waals surface area contributed by atoms with Crippen LogP contribution in [-0.2, 0) is 4.74 Å². The van der Waals surface area contributed by atoms with Gasteiger partial charge in [0.2, 0.25) is 0 Å². The molecule has 0 amide bonds. The normalized spacial score (nSPS) is 24.6. The van der Waals surface area contributed by atoms with Crippen LogP contribution in [0.3, 0.4) is 0 Å². The van der Waals surface area contributed by atoms with Crippen molar-refractivity contribution < 1.29 is 4.74 Å². The van der Waals surface area contributed by atoms with Gasteiger partial charge >= 0.3 is 0 Å². The van der Waals surface area contributed by atoms with Gasteiger partial charge in [-0.05, 0) is 19.8 Å². The van der Waals surface area contributed by atoms with E-state index in [-0.39, 0.29) is 0 Å². The summed E-state index contributed by atoms with van der Waals surface area (Å²) in [5.41, 5.74) is 5.44. The van der Waals surface area contributed by atoms with E-state index in [1.165, 1.54) is 0 Å². The van der Waals surface area contributed by atoms with Crippen LogP contribution in [0.15, 0.2) is 12.4 Å². The van der Waals surface area contributed by atoms with E-state index in [9.17, 15) is 0 Å². The Morgan fingerprint density at radius 3 is 2.87 bits per heavy atom. The zero-order chi connectivity index (χ0) is 10.7. The number of nitrogens with zero attached hydrogens (tertiary/aromatic N) is 2. The summed E-state index contributed by atoms with van der Waals surface area (Å²) >= 11 is 0. The summed E-state index contributed by atoms with van der Waals surface area (Å²) in [4.78, 5) is 8.10. The fraction of sp³-hybridized carbons (Fsp3) is 0.600. The number of hydrogen-bond donors (Lipinski definition) is 2. The Kier molecular flexibility index (Phi) is 3.01. The zero-order valence-electron chi connectivity index (χ0n) is 8.81. The Morgan fingerprint density at radius 1 is 1.47 bits per heavy atom. The average molecular weight is 208 g/mol. The van der Waals surface area contributed by atoms with Gasteiger partial charge in [-0.1, -0.05) is 0 Å². The minimum Gasteiger partial charge on any atom is -0.382 e. The van der Waals surface area contributed by atoms with Gasteiger partial charge < -0.3 is 15.8 Å². The van der Waals surface area contributed by atoms with E-state index in [0.717, 1.165) is 25.3 Å². The largest absolute Gasteiger partial charge is 0.382 e. The van der Waals surface area contributed by atoms with Gasteiger partial charge in [0, 0.05) is 12.6 Å². The third kappa shape index (κ3) is 2.56. The summed E-state index contributed by atoms with van der Waals surface area (Å²) in [5.74, 6) is 1.23. The molecule has 1 fully saturated rings. The molecule has 1 saturated carbocycles. The Labute approximate surface area is 89.1 Å². The number of nitrogens with one attached hydrogen (secondary N) is 1. The fourth-order valence-corrected chi connectivity index (χ4v) is 1.68. The second kappa shape index (κ2) is 4.44. The maximum Gasteiger partial charge on any atom is 0.144 e. The molecule has 1 heterocycles.